The first-order chi connectivity index (χ1) is 12.3. The number of benzene rings is 3. The van der Waals surface area contributed by atoms with Crippen LogP contribution in [-0.2, 0) is 0 Å². The van der Waals surface area contributed by atoms with E-state index in [4.69, 9.17) is 9.73 Å². The number of nitrogens with zero attached hydrogens (tertiary/aromatic N) is 1. The van der Waals surface area contributed by atoms with E-state index in [0.29, 0.717) is 0 Å². The van der Waals surface area contributed by atoms with Crippen LogP contribution in [0.15, 0.2) is 113 Å². The zero-order valence-corrected chi connectivity index (χ0v) is 14.8. The monoisotopic (exact) mass is 345 g/mol. The van der Waals surface area contributed by atoms with Gasteiger partial charge in [-0.2, -0.15) is 0 Å². The summed E-state index contributed by atoms with van der Waals surface area (Å²) in [4.78, 5) is 5.94. The number of thioether (sulfide) groups is 1. The van der Waals surface area contributed by atoms with Crippen LogP contribution in [-0.4, -0.2) is 5.04 Å². The highest BCUT2D eigenvalue weighted by atomic mass is 32.2. The fraction of sp³-hybridized carbons (Fsp3) is 0.0455. The second kappa shape index (κ2) is 8.90. The second-order valence-corrected chi connectivity index (χ2v) is 6.46. The van der Waals surface area contributed by atoms with Gasteiger partial charge in [-0.15, -0.1) is 0 Å². The highest BCUT2D eigenvalue weighted by Gasteiger charge is 2.07. The molecule has 0 aliphatic rings. The Labute approximate surface area is 152 Å². The second-order valence-electron chi connectivity index (χ2n) is 5.40. The first kappa shape index (κ1) is 17.1. The predicted molar refractivity (Wildman–Crippen MR) is 107 cm³/mol. The molecule has 0 bridgehead atoms. The third-order valence-corrected chi connectivity index (χ3v) is 4.51. The van der Waals surface area contributed by atoms with Crippen LogP contribution in [0, 0.1) is 0 Å². The van der Waals surface area contributed by atoms with E-state index in [2.05, 4.69) is 12.1 Å². The van der Waals surface area contributed by atoms with Crippen molar-refractivity contribution >= 4 is 22.5 Å². The molecule has 0 N–H and O–H groups in total. The summed E-state index contributed by atoms with van der Waals surface area (Å²) >= 11 is 1.63. The average molecular weight is 345 g/mol. The van der Waals surface area contributed by atoms with Gasteiger partial charge in [-0.3, -0.25) is 0 Å². The molecule has 0 aliphatic heterocycles. The molecule has 0 saturated carbocycles. The smallest absolute Gasteiger partial charge is 0.126 e. The number of hydrogen-bond donors (Lipinski definition) is 0. The number of para-hydroxylation sites is 2. The van der Waals surface area contributed by atoms with Crippen LogP contribution < -0.4 is 4.74 Å². The zero-order chi connectivity index (χ0) is 17.3. The Morgan fingerprint density at radius 2 is 1.36 bits per heavy atom. The zero-order valence-electron chi connectivity index (χ0n) is 14.0. The van der Waals surface area contributed by atoms with Gasteiger partial charge >= 0.3 is 0 Å². The lowest BCUT2D eigenvalue weighted by Crippen LogP contribution is -1.97. The van der Waals surface area contributed by atoms with Crippen LogP contribution in [0.2, 0.25) is 0 Å². The molecular formula is C22H19NOS. The van der Waals surface area contributed by atoms with Crippen molar-refractivity contribution in [1.29, 1.82) is 0 Å². The van der Waals surface area contributed by atoms with E-state index >= 15 is 0 Å². The topological polar surface area (TPSA) is 21.6 Å². The molecule has 25 heavy (non-hydrogen) atoms. The summed E-state index contributed by atoms with van der Waals surface area (Å²) in [7, 11) is 0. The van der Waals surface area contributed by atoms with Gasteiger partial charge in [0.05, 0.1) is 11.9 Å². The lowest BCUT2D eigenvalue weighted by molar-refractivity contribution is 0.478. The van der Waals surface area contributed by atoms with Crippen LogP contribution in [0.1, 0.15) is 6.92 Å². The van der Waals surface area contributed by atoms with Crippen LogP contribution in [0.25, 0.3) is 0 Å². The van der Waals surface area contributed by atoms with Crippen molar-refractivity contribution in [1.82, 2.24) is 0 Å². The van der Waals surface area contributed by atoms with E-state index in [1.54, 1.807) is 18.0 Å². The summed E-state index contributed by atoms with van der Waals surface area (Å²) in [5, 5.41) is 0.910. The molecule has 0 aliphatic carbocycles. The molecular weight excluding hydrogens is 326 g/mol. The van der Waals surface area contributed by atoms with Crippen molar-refractivity contribution in [2.45, 2.75) is 11.8 Å². The molecule has 0 amide bonds. The molecule has 0 spiro atoms. The van der Waals surface area contributed by atoms with E-state index in [0.717, 1.165) is 26.9 Å². The SMILES string of the molecule is CC(=C\Oc1ccccc1)/C(=N/c1ccccc1)Sc1ccccc1. The molecule has 0 unspecified atom stereocenters. The molecule has 3 aromatic carbocycles. The van der Waals surface area contributed by atoms with Crippen LogP contribution in [0.3, 0.4) is 0 Å². The highest BCUT2D eigenvalue weighted by Crippen LogP contribution is 2.26. The quantitative estimate of drug-likeness (QED) is 0.228. The maximum atomic E-state index is 5.77. The molecule has 3 rings (SSSR count). The van der Waals surface area contributed by atoms with Gasteiger partial charge in [0.15, 0.2) is 0 Å². The van der Waals surface area contributed by atoms with Crippen LogP contribution in [0.4, 0.5) is 5.69 Å². The first-order valence-electron chi connectivity index (χ1n) is 8.07. The Hall–Kier alpha value is -2.78. The fourth-order valence-corrected chi connectivity index (χ4v) is 2.99. The fourth-order valence-electron chi connectivity index (χ4n) is 2.12. The lowest BCUT2D eigenvalue weighted by Gasteiger charge is -2.08. The predicted octanol–water partition coefficient (Wildman–Crippen LogP) is 6.49. The van der Waals surface area contributed by atoms with Gasteiger partial charge in [0.1, 0.15) is 10.8 Å². The highest BCUT2D eigenvalue weighted by molar-refractivity contribution is 8.14. The molecule has 0 saturated heterocycles. The van der Waals surface area contributed by atoms with Gasteiger partial charge in [-0.05, 0) is 43.3 Å². The molecule has 124 valence electrons. The van der Waals surface area contributed by atoms with Crippen molar-refractivity contribution in [2.24, 2.45) is 4.99 Å². The Morgan fingerprint density at radius 3 is 2.00 bits per heavy atom. The molecule has 0 heterocycles. The third kappa shape index (κ3) is 5.37. The summed E-state index contributed by atoms with van der Waals surface area (Å²) in [6, 6.07) is 29.9. The Morgan fingerprint density at radius 1 is 0.800 bits per heavy atom. The summed E-state index contributed by atoms with van der Waals surface area (Å²) in [5.41, 5.74) is 1.90. The number of hydrogen-bond acceptors (Lipinski definition) is 3. The van der Waals surface area contributed by atoms with E-state index < -0.39 is 0 Å². The standard InChI is InChI=1S/C22H19NOS/c1-18(17-24-20-13-7-3-8-14-20)22(23-19-11-5-2-6-12-19)25-21-15-9-4-10-16-21/h2-17H,1H3/b18-17+,23-22-. The minimum absolute atomic E-state index is 0.811. The molecule has 2 nitrogen and oxygen atoms in total. The summed E-state index contributed by atoms with van der Waals surface area (Å²) < 4.78 is 5.77. The number of ether oxygens (including phenoxy) is 1. The molecule has 3 aromatic rings. The number of rotatable bonds is 5. The van der Waals surface area contributed by atoms with E-state index in [-0.39, 0.29) is 0 Å². The summed E-state index contributed by atoms with van der Waals surface area (Å²) in [6.07, 6.45) is 1.76. The van der Waals surface area contributed by atoms with Crippen molar-refractivity contribution in [2.75, 3.05) is 0 Å². The Kier molecular flexibility index (Phi) is 6.07. The Bertz CT molecular complexity index is 843. The molecule has 0 radical (unpaired) electrons. The largest absolute Gasteiger partial charge is 0.465 e. The van der Waals surface area contributed by atoms with Crippen LogP contribution >= 0.6 is 11.8 Å². The van der Waals surface area contributed by atoms with Gasteiger partial charge in [0.2, 0.25) is 0 Å². The third-order valence-electron chi connectivity index (χ3n) is 3.40. The van der Waals surface area contributed by atoms with Gasteiger partial charge < -0.3 is 4.74 Å². The van der Waals surface area contributed by atoms with Gasteiger partial charge in [-0.1, -0.05) is 66.4 Å². The minimum Gasteiger partial charge on any atom is -0.465 e. The normalized spacial score (nSPS) is 12.0. The van der Waals surface area contributed by atoms with E-state index in [9.17, 15) is 0 Å². The average Bonchev–Trinajstić information content (AvgIpc) is 2.68. The van der Waals surface area contributed by atoms with Crippen molar-refractivity contribution in [3.05, 3.63) is 103 Å². The summed E-state index contributed by atoms with van der Waals surface area (Å²) in [6.45, 7) is 2.01. The van der Waals surface area contributed by atoms with Crippen molar-refractivity contribution < 1.29 is 4.74 Å². The molecule has 0 aromatic heterocycles. The molecule has 0 atom stereocenters. The summed E-state index contributed by atoms with van der Waals surface area (Å²) in [5.74, 6) is 0.811. The van der Waals surface area contributed by atoms with Crippen LogP contribution in [0.5, 0.6) is 5.75 Å². The van der Waals surface area contributed by atoms with E-state index in [1.165, 1.54) is 0 Å². The van der Waals surface area contributed by atoms with Gasteiger partial charge in [0.25, 0.3) is 0 Å². The number of aliphatic imine (C=N–C) groups is 1. The maximum absolute atomic E-state index is 5.77. The Balaban J connectivity index is 1.86. The first-order valence-corrected chi connectivity index (χ1v) is 8.88. The lowest BCUT2D eigenvalue weighted by atomic mass is 10.3. The maximum Gasteiger partial charge on any atom is 0.126 e. The minimum atomic E-state index is 0.811. The van der Waals surface area contributed by atoms with Gasteiger partial charge in [0, 0.05) is 10.5 Å². The van der Waals surface area contributed by atoms with Gasteiger partial charge in [-0.25, -0.2) is 4.99 Å². The molecule has 3 heteroatoms. The molecule has 0 fully saturated rings. The van der Waals surface area contributed by atoms with E-state index in [1.807, 2.05) is 85.8 Å². The van der Waals surface area contributed by atoms with Crippen molar-refractivity contribution in [3.8, 4) is 5.75 Å². The van der Waals surface area contributed by atoms with Crippen molar-refractivity contribution in [3.63, 3.8) is 0 Å².